The Labute approximate surface area is 263 Å². The van der Waals surface area contributed by atoms with Crippen molar-refractivity contribution in [3.63, 3.8) is 0 Å². The molecule has 13 heteroatoms. The first kappa shape index (κ1) is 33.7. The van der Waals surface area contributed by atoms with E-state index in [0.29, 0.717) is 28.8 Å². The molecule has 0 aliphatic rings. The smallest absolute Gasteiger partial charge is 0.459 e. The number of imidazole rings is 1. The van der Waals surface area contributed by atoms with Gasteiger partial charge >= 0.3 is 13.7 Å². The van der Waals surface area contributed by atoms with Crippen molar-refractivity contribution >= 4 is 53.1 Å². The molecule has 0 bridgehead atoms. The molecule has 2 heterocycles. The minimum absolute atomic E-state index is 0.0265. The molecule has 2 aromatic carbocycles. The third-order valence-electron chi connectivity index (χ3n) is 7.07. The molecule has 0 saturated carbocycles. The molecule has 3 N–H and O–H groups in total. The number of ether oxygens (including phenoxy) is 2. The molecule has 0 aliphatic heterocycles. The maximum absolute atomic E-state index is 14.3. The summed E-state index contributed by atoms with van der Waals surface area (Å²) < 4.78 is 39.5. The highest BCUT2D eigenvalue weighted by atomic mass is 35.5. The quantitative estimate of drug-likeness (QED) is 0.0738. The number of para-hydroxylation sites is 1. The SMILES string of the molecule is CCCCOC(=O)[C@H](C)NP(=O)(OC[C@@H](C(C)C)n1c(COCC)nc2c(N)nc3ccccc3c21)Oc1ccc(Cl)cc1. The zero-order chi connectivity index (χ0) is 31.9. The molecular formula is C31H41ClN5O6P. The first-order valence-electron chi connectivity index (χ1n) is 14.8. The number of nitrogens with zero attached hydrogens (tertiary/aromatic N) is 3. The highest BCUT2D eigenvalue weighted by molar-refractivity contribution is 7.52. The molecule has 0 radical (unpaired) electrons. The van der Waals surface area contributed by atoms with Gasteiger partial charge in [0.15, 0.2) is 5.82 Å². The van der Waals surface area contributed by atoms with Crippen molar-refractivity contribution in [2.45, 2.75) is 66.2 Å². The Morgan fingerprint density at radius 3 is 2.50 bits per heavy atom. The van der Waals surface area contributed by atoms with Crippen molar-refractivity contribution in [3.05, 3.63) is 59.4 Å². The summed E-state index contributed by atoms with van der Waals surface area (Å²) in [7, 11) is -4.15. The summed E-state index contributed by atoms with van der Waals surface area (Å²) in [6.45, 7) is 10.4. The van der Waals surface area contributed by atoms with Gasteiger partial charge in [0.1, 0.15) is 29.7 Å². The summed E-state index contributed by atoms with van der Waals surface area (Å²) in [6, 6.07) is 12.7. The lowest BCUT2D eigenvalue weighted by atomic mass is 10.0. The van der Waals surface area contributed by atoms with Gasteiger partial charge in [0.25, 0.3) is 0 Å². The van der Waals surface area contributed by atoms with Crippen LogP contribution in [0.25, 0.3) is 21.9 Å². The van der Waals surface area contributed by atoms with Crippen LogP contribution in [0.1, 0.15) is 59.3 Å². The fourth-order valence-electron chi connectivity index (χ4n) is 4.72. The van der Waals surface area contributed by atoms with Gasteiger partial charge in [-0.25, -0.2) is 14.5 Å². The molecule has 0 fully saturated rings. The molecule has 1 unspecified atom stereocenters. The van der Waals surface area contributed by atoms with E-state index in [1.807, 2.05) is 56.5 Å². The van der Waals surface area contributed by atoms with E-state index >= 15 is 0 Å². The predicted molar refractivity (Wildman–Crippen MR) is 173 cm³/mol. The molecule has 11 nitrogen and oxygen atoms in total. The molecule has 0 spiro atoms. The van der Waals surface area contributed by atoms with Crippen molar-refractivity contribution in [1.29, 1.82) is 0 Å². The molecule has 0 saturated heterocycles. The second-order valence-corrected chi connectivity index (χ2v) is 12.9. The summed E-state index contributed by atoms with van der Waals surface area (Å²) in [5.41, 5.74) is 8.43. The second-order valence-electron chi connectivity index (χ2n) is 10.8. The number of carbonyl (C=O) groups excluding carboxylic acids is 1. The molecule has 4 aromatic rings. The fraction of sp³-hybridized carbons (Fsp3) is 0.452. The largest absolute Gasteiger partial charge is 0.465 e. The monoisotopic (exact) mass is 645 g/mol. The number of pyridine rings is 1. The third-order valence-corrected chi connectivity index (χ3v) is 8.96. The molecular weight excluding hydrogens is 605 g/mol. The van der Waals surface area contributed by atoms with Crippen LogP contribution in [0.5, 0.6) is 5.75 Å². The number of nitrogens with two attached hydrogens (primary N) is 1. The number of halogens is 1. The summed E-state index contributed by atoms with van der Waals surface area (Å²) in [5.74, 6) is 0.598. The Bertz CT molecular complexity index is 1610. The molecule has 44 heavy (non-hydrogen) atoms. The molecule has 4 rings (SSSR count). The average molecular weight is 646 g/mol. The van der Waals surface area contributed by atoms with Crippen LogP contribution in [-0.2, 0) is 30.0 Å². The van der Waals surface area contributed by atoms with Gasteiger partial charge in [-0.15, -0.1) is 0 Å². The fourth-order valence-corrected chi connectivity index (χ4v) is 6.35. The Hall–Kier alpha value is -3.21. The second kappa shape index (κ2) is 15.2. The molecule has 2 aromatic heterocycles. The lowest BCUT2D eigenvalue weighted by Gasteiger charge is -2.29. The molecule has 0 amide bonds. The number of aromatic nitrogens is 3. The van der Waals surface area contributed by atoms with Crippen molar-refractivity contribution in [2.75, 3.05) is 25.6 Å². The Balaban J connectivity index is 1.73. The van der Waals surface area contributed by atoms with Crippen LogP contribution in [0.15, 0.2) is 48.5 Å². The van der Waals surface area contributed by atoms with E-state index in [0.717, 1.165) is 29.3 Å². The summed E-state index contributed by atoms with van der Waals surface area (Å²) >= 11 is 6.05. The van der Waals surface area contributed by atoms with Gasteiger partial charge in [-0.05, 0) is 56.5 Å². The zero-order valence-electron chi connectivity index (χ0n) is 25.8. The Morgan fingerprint density at radius 2 is 1.82 bits per heavy atom. The number of benzene rings is 2. The number of nitrogen functional groups attached to an aromatic ring is 1. The highest BCUT2D eigenvalue weighted by Gasteiger charge is 2.35. The van der Waals surface area contributed by atoms with Crippen LogP contribution in [0, 0.1) is 5.92 Å². The van der Waals surface area contributed by atoms with Gasteiger partial charge < -0.3 is 24.3 Å². The van der Waals surface area contributed by atoms with Crippen LogP contribution in [0.2, 0.25) is 5.02 Å². The van der Waals surface area contributed by atoms with E-state index < -0.39 is 25.8 Å². The number of nitrogens with one attached hydrogen (secondary N) is 1. The van der Waals surface area contributed by atoms with Crippen LogP contribution in [0.4, 0.5) is 5.82 Å². The number of carbonyl (C=O) groups is 1. The highest BCUT2D eigenvalue weighted by Crippen LogP contribution is 2.47. The zero-order valence-corrected chi connectivity index (χ0v) is 27.4. The standard InChI is InChI=1S/C31H41ClN5O6P/c1-6-8-17-41-31(38)21(5)36-44(39,43-23-15-13-22(32)14-16-23)42-18-26(20(3)4)37-27(19-40-7-2)35-28-29(37)24-11-9-10-12-25(24)34-30(28)33/h9-16,20-21,26H,6-8,17-19H2,1-5H3,(H2,33,34)(H,36,39)/t21-,26-,44?/m0/s1. The first-order chi connectivity index (χ1) is 21.1. The number of fused-ring (bicyclic) bond motifs is 3. The maximum Gasteiger partial charge on any atom is 0.459 e. The third kappa shape index (κ3) is 8.08. The van der Waals surface area contributed by atoms with Crippen molar-refractivity contribution in [2.24, 2.45) is 5.92 Å². The lowest BCUT2D eigenvalue weighted by molar-refractivity contribution is -0.145. The van der Waals surface area contributed by atoms with Gasteiger partial charge in [-0.3, -0.25) is 9.32 Å². The molecule has 0 aliphatic carbocycles. The van der Waals surface area contributed by atoms with Crippen molar-refractivity contribution in [1.82, 2.24) is 19.6 Å². The van der Waals surface area contributed by atoms with E-state index in [9.17, 15) is 9.36 Å². The van der Waals surface area contributed by atoms with E-state index in [-0.39, 0.29) is 31.5 Å². The predicted octanol–water partition coefficient (Wildman–Crippen LogP) is 7.08. The molecule has 238 valence electrons. The minimum atomic E-state index is -4.15. The van der Waals surface area contributed by atoms with Crippen LogP contribution in [0.3, 0.4) is 0 Å². The van der Waals surface area contributed by atoms with E-state index in [2.05, 4.69) is 10.1 Å². The summed E-state index contributed by atoms with van der Waals surface area (Å²) in [6.07, 6.45) is 1.60. The van der Waals surface area contributed by atoms with E-state index in [4.69, 9.17) is 40.8 Å². The van der Waals surface area contributed by atoms with Gasteiger partial charge in [-0.2, -0.15) is 5.09 Å². The minimum Gasteiger partial charge on any atom is -0.465 e. The topological polar surface area (TPSA) is 140 Å². The number of unbranched alkanes of at least 4 members (excludes halogenated alkanes) is 1. The van der Waals surface area contributed by atoms with Crippen molar-refractivity contribution < 1.29 is 27.9 Å². The first-order valence-corrected chi connectivity index (χ1v) is 16.8. The maximum atomic E-state index is 14.3. The van der Waals surface area contributed by atoms with E-state index in [1.165, 1.54) is 0 Å². The summed E-state index contributed by atoms with van der Waals surface area (Å²) in [4.78, 5) is 22.1. The number of anilines is 1. The van der Waals surface area contributed by atoms with Gasteiger partial charge in [0.05, 0.1) is 30.3 Å². The Kier molecular flexibility index (Phi) is 11.6. The Morgan fingerprint density at radius 1 is 1.09 bits per heavy atom. The van der Waals surface area contributed by atoms with Crippen molar-refractivity contribution in [3.8, 4) is 5.75 Å². The normalized spacial score (nSPS) is 14.5. The number of hydrogen-bond acceptors (Lipinski definition) is 9. The average Bonchev–Trinajstić information content (AvgIpc) is 3.37. The van der Waals surface area contributed by atoms with E-state index in [1.54, 1.807) is 31.2 Å². The summed E-state index contributed by atoms with van der Waals surface area (Å²) in [5, 5.41) is 4.12. The van der Waals surface area contributed by atoms with Crippen LogP contribution >= 0.6 is 19.3 Å². The number of hydrogen-bond donors (Lipinski definition) is 2. The molecule has 3 atom stereocenters. The van der Waals surface area contributed by atoms with Crippen LogP contribution < -0.4 is 15.3 Å². The van der Waals surface area contributed by atoms with Crippen LogP contribution in [-0.4, -0.2) is 46.4 Å². The van der Waals surface area contributed by atoms with Gasteiger partial charge in [-0.1, -0.05) is 57.0 Å². The van der Waals surface area contributed by atoms with Gasteiger partial charge in [0.2, 0.25) is 0 Å². The number of esters is 1. The lowest BCUT2D eigenvalue weighted by Crippen LogP contribution is -2.36. The number of rotatable bonds is 16. The van der Waals surface area contributed by atoms with Gasteiger partial charge in [0, 0.05) is 17.0 Å².